The molecule has 0 unspecified atom stereocenters. The van der Waals surface area contributed by atoms with E-state index in [0.717, 1.165) is 11.3 Å². The number of amides is 1. The number of carbonyl (C=O) groups is 1. The molecule has 8 heteroatoms. The summed E-state index contributed by atoms with van der Waals surface area (Å²) in [6, 6.07) is 13.0. The Labute approximate surface area is 177 Å². The Morgan fingerprint density at radius 1 is 1.06 bits per heavy atom. The minimum absolute atomic E-state index is 0.274. The van der Waals surface area contributed by atoms with Gasteiger partial charge in [0.15, 0.2) is 11.5 Å². The van der Waals surface area contributed by atoms with Gasteiger partial charge in [0.1, 0.15) is 18.0 Å². The summed E-state index contributed by atoms with van der Waals surface area (Å²) in [7, 11) is 1.51. The van der Waals surface area contributed by atoms with Crippen molar-refractivity contribution in [3.63, 3.8) is 0 Å². The number of hydrogen-bond acceptors (Lipinski definition) is 7. The highest BCUT2D eigenvalue weighted by Gasteiger charge is 2.14. The zero-order valence-corrected chi connectivity index (χ0v) is 17.2. The summed E-state index contributed by atoms with van der Waals surface area (Å²) in [5.41, 5.74) is 2.64. The van der Waals surface area contributed by atoms with Crippen molar-refractivity contribution >= 4 is 22.6 Å². The summed E-state index contributed by atoms with van der Waals surface area (Å²) in [6.45, 7) is 3.94. The zero-order chi connectivity index (χ0) is 22.0. The van der Waals surface area contributed by atoms with Crippen LogP contribution in [-0.4, -0.2) is 18.2 Å². The summed E-state index contributed by atoms with van der Waals surface area (Å²) >= 11 is 0. The Bertz CT molecular complexity index is 1300. The number of aryl methyl sites for hydroxylation is 2. The first kappa shape index (κ1) is 20.2. The number of rotatable bonds is 6. The van der Waals surface area contributed by atoms with Crippen LogP contribution in [0.15, 0.2) is 62.3 Å². The average Bonchev–Trinajstić information content (AvgIpc) is 3.09. The average molecular weight is 420 g/mol. The second kappa shape index (κ2) is 8.35. The molecule has 0 saturated carbocycles. The largest absolute Gasteiger partial charge is 0.493 e. The molecular weight excluding hydrogens is 400 g/mol. The first-order chi connectivity index (χ1) is 14.9. The molecule has 2 heterocycles. The molecule has 0 aliphatic rings. The topological polar surface area (TPSA) is 104 Å². The van der Waals surface area contributed by atoms with E-state index in [1.807, 2.05) is 13.8 Å². The summed E-state index contributed by atoms with van der Waals surface area (Å²) in [4.78, 5) is 24.0. The number of aromatic nitrogens is 1. The number of benzene rings is 2. The third-order valence-electron chi connectivity index (χ3n) is 4.86. The monoisotopic (exact) mass is 420 g/mol. The third kappa shape index (κ3) is 4.28. The lowest BCUT2D eigenvalue weighted by Crippen LogP contribution is -2.12. The minimum Gasteiger partial charge on any atom is -0.493 e. The minimum atomic E-state index is -0.423. The van der Waals surface area contributed by atoms with Gasteiger partial charge in [-0.15, -0.1) is 0 Å². The fraction of sp³-hybridized carbons (Fsp3) is 0.174. The van der Waals surface area contributed by atoms with E-state index in [4.69, 9.17) is 18.4 Å². The highest BCUT2D eigenvalue weighted by molar-refractivity contribution is 6.05. The lowest BCUT2D eigenvalue weighted by atomic mass is 10.1. The van der Waals surface area contributed by atoms with E-state index in [2.05, 4.69) is 10.5 Å². The molecular formula is C23H20N2O6. The Morgan fingerprint density at radius 2 is 1.90 bits per heavy atom. The van der Waals surface area contributed by atoms with Gasteiger partial charge in [0, 0.05) is 22.7 Å². The van der Waals surface area contributed by atoms with Crippen LogP contribution in [0.2, 0.25) is 0 Å². The van der Waals surface area contributed by atoms with Crippen molar-refractivity contribution in [1.82, 2.24) is 5.16 Å². The van der Waals surface area contributed by atoms with E-state index in [0.29, 0.717) is 39.5 Å². The van der Waals surface area contributed by atoms with Gasteiger partial charge in [-0.1, -0.05) is 5.16 Å². The van der Waals surface area contributed by atoms with Crippen LogP contribution in [0.1, 0.15) is 27.4 Å². The number of hydrogen-bond donors (Lipinski definition) is 1. The van der Waals surface area contributed by atoms with E-state index in [-0.39, 0.29) is 12.5 Å². The van der Waals surface area contributed by atoms with Crippen molar-refractivity contribution < 1.29 is 23.2 Å². The number of anilines is 1. The number of nitrogens with one attached hydrogen (secondary N) is 1. The van der Waals surface area contributed by atoms with Gasteiger partial charge in [-0.05, 0) is 56.3 Å². The standard InChI is InChI=1S/C23H20N2O6/c1-13-18(14(2)31-25-13)12-29-20-7-4-16(11-21(20)28-3)23(27)24-17-6-8-19-15(10-17)5-9-22(26)30-19/h4-11H,12H2,1-3H3,(H,24,27). The van der Waals surface area contributed by atoms with Gasteiger partial charge in [-0.2, -0.15) is 0 Å². The fourth-order valence-corrected chi connectivity index (χ4v) is 3.14. The number of ether oxygens (including phenoxy) is 2. The van der Waals surface area contributed by atoms with Crippen LogP contribution in [-0.2, 0) is 6.61 Å². The van der Waals surface area contributed by atoms with Crippen LogP contribution < -0.4 is 20.4 Å². The Balaban J connectivity index is 1.50. The van der Waals surface area contributed by atoms with Crippen LogP contribution in [0.5, 0.6) is 11.5 Å². The molecule has 0 radical (unpaired) electrons. The third-order valence-corrected chi connectivity index (χ3v) is 4.86. The summed E-state index contributed by atoms with van der Waals surface area (Å²) < 4.78 is 21.5. The van der Waals surface area contributed by atoms with Crippen molar-refractivity contribution in [1.29, 1.82) is 0 Å². The second-order valence-corrected chi connectivity index (χ2v) is 6.92. The predicted octanol–water partition coefficient (Wildman–Crippen LogP) is 4.24. The lowest BCUT2D eigenvalue weighted by molar-refractivity contribution is 0.102. The van der Waals surface area contributed by atoms with Gasteiger partial charge in [-0.25, -0.2) is 4.79 Å². The van der Waals surface area contributed by atoms with Gasteiger partial charge >= 0.3 is 5.63 Å². The lowest BCUT2D eigenvalue weighted by Gasteiger charge is -2.12. The number of fused-ring (bicyclic) bond motifs is 1. The maximum absolute atomic E-state index is 12.7. The van der Waals surface area contributed by atoms with Crippen molar-refractivity contribution in [3.8, 4) is 11.5 Å². The van der Waals surface area contributed by atoms with E-state index in [1.165, 1.54) is 13.2 Å². The van der Waals surface area contributed by atoms with Crippen LogP contribution in [0.3, 0.4) is 0 Å². The van der Waals surface area contributed by atoms with Crippen LogP contribution in [0.4, 0.5) is 5.69 Å². The van der Waals surface area contributed by atoms with Gasteiger partial charge < -0.3 is 23.7 Å². The normalized spacial score (nSPS) is 10.8. The van der Waals surface area contributed by atoms with Crippen LogP contribution in [0, 0.1) is 13.8 Å². The molecule has 4 rings (SSSR count). The maximum atomic E-state index is 12.7. The molecule has 31 heavy (non-hydrogen) atoms. The Morgan fingerprint density at radius 3 is 2.65 bits per heavy atom. The van der Waals surface area contributed by atoms with Gasteiger partial charge in [-0.3, -0.25) is 4.79 Å². The van der Waals surface area contributed by atoms with Crippen LogP contribution in [0.25, 0.3) is 11.0 Å². The van der Waals surface area contributed by atoms with E-state index in [1.54, 1.807) is 42.5 Å². The highest BCUT2D eigenvalue weighted by Crippen LogP contribution is 2.30. The second-order valence-electron chi connectivity index (χ2n) is 6.92. The molecule has 0 aliphatic heterocycles. The van der Waals surface area contributed by atoms with Gasteiger partial charge in [0.25, 0.3) is 5.91 Å². The Hall–Kier alpha value is -4.07. The first-order valence-corrected chi connectivity index (χ1v) is 9.52. The molecule has 8 nitrogen and oxygen atoms in total. The highest BCUT2D eigenvalue weighted by atomic mass is 16.5. The predicted molar refractivity (Wildman–Crippen MR) is 114 cm³/mol. The van der Waals surface area contributed by atoms with Crippen molar-refractivity contribution in [2.45, 2.75) is 20.5 Å². The molecule has 2 aromatic heterocycles. The SMILES string of the molecule is COc1cc(C(=O)Nc2ccc3oc(=O)ccc3c2)ccc1OCc1c(C)noc1C. The molecule has 2 aromatic carbocycles. The smallest absolute Gasteiger partial charge is 0.336 e. The van der Waals surface area contributed by atoms with Gasteiger partial charge in [0.2, 0.25) is 0 Å². The van der Waals surface area contributed by atoms with Crippen molar-refractivity contribution in [2.24, 2.45) is 0 Å². The number of nitrogens with zero attached hydrogens (tertiary/aromatic N) is 1. The number of methoxy groups -OCH3 is 1. The molecule has 1 amide bonds. The van der Waals surface area contributed by atoms with Crippen LogP contribution >= 0.6 is 0 Å². The first-order valence-electron chi connectivity index (χ1n) is 9.52. The maximum Gasteiger partial charge on any atom is 0.336 e. The van der Waals surface area contributed by atoms with E-state index < -0.39 is 5.63 Å². The number of carbonyl (C=O) groups excluding carboxylic acids is 1. The Kier molecular flexibility index (Phi) is 5.44. The zero-order valence-electron chi connectivity index (χ0n) is 17.2. The van der Waals surface area contributed by atoms with Crippen molar-refractivity contribution in [3.05, 3.63) is 81.5 Å². The molecule has 158 valence electrons. The fourth-order valence-electron chi connectivity index (χ4n) is 3.14. The molecule has 4 aromatic rings. The molecule has 0 aliphatic carbocycles. The molecule has 0 spiro atoms. The molecule has 1 N–H and O–H groups in total. The summed E-state index contributed by atoms with van der Waals surface area (Å²) in [5, 5.41) is 7.45. The van der Waals surface area contributed by atoms with Gasteiger partial charge in [0.05, 0.1) is 18.4 Å². The summed E-state index contributed by atoms with van der Waals surface area (Å²) in [6.07, 6.45) is 0. The van der Waals surface area contributed by atoms with Crippen molar-refractivity contribution in [2.75, 3.05) is 12.4 Å². The molecule has 0 saturated heterocycles. The quantitative estimate of drug-likeness (QED) is 0.465. The van der Waals surface area contributed by atoms with E-state index >= 15 is 0 Å². The molecule has 0 bridgehead atoms. The molecule has 0 fully saturated rings. The summed E-state index contributed by atoms with van der Waals surface area (Å²) in [5.74, 6) is 1.31. The molecule has 0 atom stereocenters. The van der Waals surface area contributed by atoms with E-state index in [9.17, 15) is 9.59 Å².